The van der Waals surface area contributed by atoms with Crippen LogP contribution >= 0.6 is 0 Å². The number of hydrogen-bond acceptors (Lipinski definition) is 2. The second-order valence-corrected chi connectivity index (χ2v) is 9.69. The number of nitrogens with one attached hydrogen (secondary N) is 1. The third-order valence-corrected chi connectivity index (χ3v) is 7.60. The van der Waals surface area contributed by atoms with Gasteiger partial charge in [0.2, 0.25) is 0 Å². The predicted octanol–water partition coefficient (Wildman–Crippen LogP) is 3.66. The Hall–Kier alpha value is -1.62. The SMILES string of the molecule is O=C(N[C@H]1CCN(CCc2ccc(F)cc2)C1)N1CC2CC3CC(C2)CC1C3. The number of rotatable bonds is 4. The van der Waals surface area contributed by atoms with Gasteiger partial charge in [-0.05, 0) is 80.4 Å². The second kappa shape index (κ2) is 7.66. The fourth-order valence-corrected chi connectivity index (χ4v) is 6.38. The van der Waals surface area contributed by atoms with Crippen molar-refractivity contribution >= 4 is 6.03 Å². The molecule has 0 radical (unpaired) electrons. The summed E-state index contributed by atoms with van der Waals surface area (Å²) in [5, 5.41) is 3.35. The van der Waals surface area contributed by atoms with E-state index in [-0.39, 0.29) is 17.9 Å². The summed E-state index contributed by atoms with van der Waals surface area (Å²) < 4.78 is 13.0. The van der Waals surface area contributed by atoms with Crippen LogP contribution in [0.4, 0.5) is 9.18 Å². The molecule has 3 saturated heterocycles. The third-order valence-electron chi connectivity index (χ3n) is 7.60. The Morgan fingerprint density at radius 2 is 1.71 bits per heavy atom. The fourth-order valence-electron chi connectivity index (χ4n) is 6.38. The Morgan fingerprint density at radius 1 is 1.00 bits per heavy atom. The van der Waals surface area contributed by atoms with E-state index < -0.39 is 0 Å². The second-order valence-electron chi connectivity index (χ2n) is 9.69. The van der Waals surface area contributed by atoms with Crippen molar-refractivity contribution in [2.75, 3.05) is 26.2 Å². The van der Waals surface area contributed by atoms with Crippen molar-refractivity contribution in [1.82, 2.24) is 15.1 Å². The number of hydrogen-bond donors (Lipinski definition) is 1. The minimum atomic E-state index is -0.178. The number of carbonyl (C=O) groups excluding carboxylic acids is 1. The van der Waals surface area contributed by atoms with E-state index in [1.165, 1.54) is 49.8 Å². The van der Waals surface area contributed by atoms with Crippen LogP contribution in [0.1, 0.15) is 44.1 Å². The molecule has 2 unspecified atom stereocenters. The van der Waals surface area contributed by atoms with Crippen molar-refractivity contribution in [3.05, 3.63) is 35.6 Å². The first-order chi connectivity index (χ1) is 13.6. The molecule has 4 nitrogen and oxygen atoms in total. The molecule has 1 aromatic rings. The quantitative estimate of drug-likeness (QED) is 0.859. The summed E-state index contributed by atoms with van der Waals surface area (Å²) in [7, 11) is 0. The largest absolute Gasteiger partial charge is 0.334 e. The van der Waals surface area contributed by atoms with E-state index in [1.807, 2.05) is 12.1 Å². The van der Waals surface area contributed by atoms with Gasteiger partial charge in [0.1, 0.15) is 5.82 Å². The molecule has 4 bridgehead atoms. The molecule has 6 rings (SSSR count). The van der Waals surface area contributed by atoms with Crippen molar-refractivity contribution in [3.63, 3.8) is 0 Å². The molecule has 5 heteroatoms. The summed E-state index contributed by atoms with van der Waals surface area (Å²) in [5.41, 5.74) is 1.17. The summed E-state index contributed by atoms with van der Waals surface area (Å²) >= 11 is 0. The van der Waals surface area contributed by atoms with E-state index in [1.54, 1.807) is 0 Å². The standard InChI is InChI=1S/C23H32FN3O/c24-20-3-1-16(2-4-20)5-7-26-8-6-21(15-26)25-23(28)27-14-19-10-17-9-18(11-19)13-22(27)12-17/h1-4,17-19,21-22H,5-15H2,(H,25,28)/t17?,18?,19?,21-,22?/m0/s1. The molecule has 5 aliphatic rings. The molecule has 152 valence electrons. The van der Waals surface area contributed by atoms with Gasteiger partial charge in [-0.1, -0.05) is 12.1 Å². The average molecular weight is 386 g/mol. The van der Waals surface area contributed by atoms with Crippen molar-refractivity contribution < 1.29 is 9.18 Å². The van der Waals surface area contributed by atoms with E-state index in [0.29, 0.717) is 6.04 Å². The number of urea groups is 1. The Balaban J connectivity index is 1.12. The van der Waals surface area contributed by atoms with Gasteiger partial charge in [-0.15, -0.1) is 0 Å². The molecular weight excluding hydrogens is 353 g/mol. The molecular formula is C23H32FN3O. The average Bonchev–Trinajstić information content (AvgIpc) is 3.02. The van der Waals surface area contributed by atoms with E-state index in [9.17, 15) is 9.18 Å². The van der Waals surface area contributed by atoms with Gasteiger partial charge in [0.05, 0.1) is 0 Å². The normalized spacial score (nSPS) is 34.6. The molecule has 0 aromatic heterocycles. The van der Waals surface area contributed by atoms with Gasteiger partial charge in [0.25, 0.3) is 0 Å². The maximum atomic E-state index is 13.0. The lowest BCUT2D eigenvalue weighted by Crippen LogP contribution is -2.50. The van der Waals surface area contributed by atoms with Crippen LogP contribution in [0.5, 0.6) is 0 Å². The molecule has 5 fully saturated rings. The summed E-state index contributed by atoms with van der Waals surface area (Å²) in [5.74, 6) is 2.29. The zero-order valence-electron chi connectivity index (χ0n) is 16.7. The number of likely N-dealkylation sites (tertiary alicyclic amines) is 1. The van der Waals surface area contributed by atoms with Crippen LogP contribution in [0.15, 0.2) is 24.3 Å². The zero-order chi connectivity index (χ0) is 19.1. The van der Waals surface area contributed by atoms with Gasteiger partial charge < -0.3 is 15.1 Å². The first-order valence-electron chi connectivity index (χ1n) is 11.2. The zero-order valence-corrected chi connectivity index (χ0v) is 16.7. The lowest BCUT2D eigenvalue weighted by molar-refractivity contribution is 0.130. The number of nitrogens with zero attached hydrogens (tertiary/aromatic N) is 2. The Morgan fingerprint density at radius 3 is 2.46 bits per heavy atom. The molecule has 0 spiro atoms. The van der Waals surface area contributed by atoms with Crippen LogP contribution in [0, 0.1) is 23.6 Å². The third kappa shape index (κ3) is 3.91. The van der Waals surface area contributed by atoms with Crippen LogP contribution < -0.4 is 5.32 Å². The number of halogens is 1. The molecule has 1 aromatic carbocycles. The van der Waals surface area contributed by atoms with Crippen molar-refractivity contribution in [1.29, 1.82) is 0 Å². The van der Waals surface area contributed by atoms with Crippen LogP contribution in [0.2, 0.25) is 0 Å². The van der Waals surface area contributed by atoms with E-state index in [0.717, 1.165) is 56.8 Å². The van der Waals surface area contributed by atoms with E-state index >= 15 is 0 Å². The smallest absolute Gasteiger partial charge is 0.317 e. The summed E-state index contributed by atoms with van der Waals surface area (Å²) in [6.45, 7) is 3.91. The van der Waals surface area contributed by atoms with Gasteiger partial charge in [0.15, 0.2) is 0 Å². The van der Waals surface area contributed by atoms with Gasteiger partial charge >= 0.3 is 6.03 Å². The lowest BCUT2D eigenvalue weighted by Gasteiger charge is -2.39. The van der Waals surface area contributed by atoms with Crippen LogP contribution in [-0.2, 0) is 6.42 Å². The van der Waals surface area contributed by atoms with Crippen LogP contribution in [0.25, 0.3) is 0 Å². The number of amides is 2. The molecule has 3 heterocycles. The molecule has 3 aliphatic heterocycles. The summed E-state index contributed by atoms with van der Waals surface area (Å²) in [6.07, 6.45) is 8.52. The predicted molar refractivity (Wildman–Crippen MR) is 108 cm³/mol. The minimum absolute atomic E-state index is 0.178. The minimum Gasteiger partial charge on any atom is -0.334 e. The van der Waals surface area contributed by atoms with Crippen LogP contribution in [-0.4, -0.2) is 54.1 Å². The highest BCUT2D eigenvalue weighted by Crippen LogP contribution is 2.47. The van der Waals surface area contributed by atoms with Gasteiger partial charge in [-0.2, -0.15) is 0 Å². The van der Waals surface area contributed by atoms with Gasteiger partial charge in [-0.3, -0.25) is 0 Å². The Bertz CT molecular complexity index is 694. The number of carbonyl (C=O) groups is 1. The van der Waals surface area contributed by atoms with Crippen LogP contribution in [0.3, 0.4) is 0 Å². The Labute approximate surface area is 167 Å². The summed E-state index contributed by atoms with van der Waals surface area (Å²) in [6, 6.07) is 7.72. The number of benzene rings is 1. The highest BCUT2D eigenvalue weighted by molar-refractivity contribution is 5.75. The molecule has 3 atom stereocenters. The fraction of sp³-hybridized carbons (Fsp3) is 0.696. The van der Waals surface area contributed by atoms with Crippen molar-refractivity contribution in [3.8, 4) is 0 Å². The van der Waals surface area contributed by atoms with Gasteiger partial charge in [0, 0.05) is 38.3 Å². The molecule has 2 saturated carbocycles. The highest BCUT2D eigenvalue weighted by Gasteiger charge is 2.44. The monoisotopic (exact) mass is 385 g/mol. The lowest BCUT2D eigenvalue weighted by atomic mass is 9.68. The molecule has 28 heavy (non-hydrogen) atoms. The van der Waals surface area contributed by atoms with Gasteiger partial charge in [-0.25, -0.2) is 9.18 Å². The topological polar surface area (TPSA) is 35.6 Å². The van der Waals surface area contributed by atoms with Crippen molar-refractivity contribution in [2.24, 2.45) is 17.8 Å². The van der Waals surface area contributed by atoms with E-state index in [2.05, 4.69) is 15.1 Å². The molecule has 2 aliphatic carbocycles. The Kier molecular flexibility index (Phi) is 5.04. The highest BCUT2D eigenvalue weighted by atomic mass is 19.1. The molecule has 1 N–H and O–H groups in total. The maximum Gasteiger partial charge on any atom is 0.317 e. The van der Waals surface area contributed by atoms with Crippen molar-refractivity contribution in [2.45, 2.75) is 57.0 Å². The first-order valence-corrected chi connectivity index (χ1v) is 11.2. The summed E-state index contributed by atoms with van der Waals surface area (Å²) in [4.78, 5) is 17.7. The van der Waals surface area contributed by atoms with E-state index in [4.69, 9.17) is 0 Å². The maximum absolute atomic E-state index is 13.0. The number of fused-ring (bicyclic) bond motifs is 1. The first kappa shape index (κ1) is 18.4. The molecule has 2 amide bonds.